The van der Waals surface area contributed by atoms with E-state index in [1.54, 1.807) is 0 Å². The van der Waals surface area contributed by atoms with Crippen LogP contribution in [0.15, 0.2) is 42.5 Å². The van der Waals surface area contributed by atoms with Crippen LogP contribution in [0.5, 0.6) is 0 Å². The van der Waals surface area contributed by atoms with Gasteiger partial charge in [0.05, 0.1) is 35.3 Å². The van der Waals surface area contributed by atoms with Crippen LogP contribution in [-0.2, 0) is 4.74 Å². The molecule has 0 spiro atoms. The maximum absolute atomic E-state index is 12.7. The van der Waals surface area contributed by atoms with Crippen LogP contribution in [0.3, 0.4) is 0 Å². The van der Waals surface area contributed by atoms with Crippen LogP contribution < -0.4 is 0 Å². The van der Waals surface area contributed by atoms with Crippen molar-refractivity contribution in [3.05, 3.63) is 48.0 Å². The molecule has 0 unspecified atom stereocenters. The zero-order valence-corrected chi connectivity index (χ0v) is 14.0. The van der Waals surface area contributed by atoms with Gasteiger partial charge in [0.15, 0.2) is 11.6 Å². The molecule has 7 nitrogen and oxygen atoms in total. The molecule has 0 bridgehead atoms. The highest BCUT2D eigenvalue weighted by Gasteiger charge is 2.19. The Labute approximate surface area is 149 Å². The first kappa shape index (κ1) is 15.1. The van der Waals surface area contributed by atoms with Crippen molar-refractivity contribution < 1.29 is 9.53 Å². The molecule has 5 rings (SSSR count). The summed E-state index contributed by atoms with van der Waals surface area (Å²) in [7, 11) is 0. The van der Waals surface area contributed by atoms with Crippen molar-refractivity contribution in [2.24, 2.45) is 0 Å². The molecule has 0 atom stereocenters. The smallest absolute Gasteiger partial charge is 0.254 e. The lowest BCUT2D eigenvalue weighted by molar-refractivity contribution is 0.0303. The largest absolute Gasteiger partial charge is 0.378 e. The Hall–Kier alpha value is -3.19. The maximum Gasteiger partial charge on any atom is 0.254 e. The fraction of sp³-hybridized carbons (Fsp3) is 0.211. The van der Waals surface area contributed by atoms with E-state index in [0.29, 0.717) is 43.5 Å². The number of ether oxygens (including phenoxy) is 1. The topological polar surface area (TPSA) is 86.9 Å². The molecule has 0 aliphatic carbocycles. The number of para-hydroxylation sites is 2. The first-order valence-corrected chi connectivity index (χ1v) is 8.60. The third-order valence-corrected chi connectivity index (χ3v) is 4.64. The molecule has 1 saturated heterocycles. The number of hydrogen-bond donors (Lipinski definition) is 2. The van der Waals surface area contributed by atoms with E-state index in [1.165, 1.54) is 0 Å². The first-order chi connectivity index (χ1) is 12.8. The Balaban J connectivity index is 1.50. The minimum atomic E-state index is 0.0232. The second kappa shape index (κ2) is 5.96. The van der Waals surface area contributed by atoms with E-state index >= 15 is 0 Å². The summed E-state index contributed by atoms with van der Waals surface area (Å²) < 4.78 is 5.31. The third-order valence-electron chi connectivity index (χ3n) is 4.64. The fourth-order valence-electron chi connectivity index (χ4n) is 3.27. The molecule has 1 amide bonds. The van der Waals surface area contributed by atoms with Crippen LogP contribution >= 0.6 is 0 Å². The number of morpholine rings is 1. The van der Waals surface area contributed by atoms with E-state index in [2.05, 4.69) is 19.9 Å². The summed E-state index contributed by atoms with van der Waals surface area (Å²) in [5, 5.41) is 0. The minimum Gasteiger partial charge on any atom is -0.378 e. The molecule has 2 aromatic carbocycles. The molecule has 3 heterocycles. The van der Waals surface area contributed by atoms with Gasteiger partial charge in [-0.3, -0.25) is 4.79 Å². The zero-order chi connectivity index (χ0) is 17.5. The van der Waals surface area contributed by atoms with Crippen LogP contribution in [0.2, 0.25) is 0 Å². The van der Waals surface area contributed by atoms with Gasteiger partial charge in [0.2, 0.25) is 0 Å². The zero-order valence-electron chi connectivity index (χ0n) is 14.0. The average molecular weight is 347 g/mol. The molecular weight excluding hydrogens is 330 g/mol. The molecule has 1 aliphatic heterocycles. The minimum absolute atomic E-state index is 0.0232. The Kier molecular flexibility index (Phi) is 3.46. The third kappa shape index (κ3) is 2.53. The predicted octanol–water partition coefficient (Wildman–Crippen LogP) is 2.58. The van der Waals surface area contributed by atoms with Crippen molar-refractivity contribution in [2.45, 2.75) is 0 Å². The normalized spacial score (nSPS) is 15.0. The molecule has 7 heteroatoms. The van der Waals surface area contributed by atoms with Crippen molar-refractivity contribution in [1.29, 1.82) is 0 Å². The van der Waals surface area contributed by atoms with Gasteiger partial charge < -0.3 is 19.6 Å². The molecule has 0 saturated carbocycles. The van der Waals surface area contributed by atoms with E-state index in [0.717, 1.165) is 22.1 Å². The van der Waals surface area contributed by atoms with Crippen LogP contribution in [0.1, 0.15) is 10.4 Å². The average Bonchev–Trinajstić information content (AvgIpc) is 3.31. The molecular formula is C19H17N5O2. The van der Waals surface area contributed by atoms with Gasteiger partial charge >= 0.3 is 0 Å². The van der Waals surface area contributed by atoms with E-state index in [-0.39, 0.29) is 5.91 Å². The van der Waals surface area contributed by atoms with E-state index in [4.69, 9.17) is 4.74 Å². The highest BCUT2D eigenvalue weighted by atomic mass is 16.5. The molecule has 1 fully saturated rings. The SMILES string of the molecule is O=C(c1ccc2nc(-c3nc4ccccc4[nH]3)[nH]c2c1)N1CCOCC1. The number of aromatic amines is 2. The second-order valence-electron chi connectivity index (χ2n) is 6.32. The number of aromatic nitrogens is 4. The molecule has 26 heavy (non-hydrogen) atoms. The van der Waals surface area contributed by atoms with Crippen molar-refractivity contribution in [2.75, 3.05) is 26.3 Å². The Morgan fingerprint density at radius 3 is 2.38 bits per heavy atom. The number of H-pyrrole nitrogens is 2. The van der Waals surface area contributed by atoms with Crippen LogP contribution in [-0.4, -0.2) is 57.0 Å². The molecule has 130 valence electrons. The Morgan fingerprint density at radius 1 is 0.923 bits per heavy atom. The lowest BCUT2D eigenvalue weighted by Crippen LogP contribution is -2.40. The predicted molar refractivity (Wildman–Crippen MR) is 97.9 cm³/mol. The van der Waals surface area contributed by atoms with Gasteiger partial charge in [0.1, 0.15) is 0 Å². The monoisotopic (exact) mass is 347 g/mol. The van der Waals surface area contributed by atoms with Crippen LogP contribution in [0.25, 0.3) is 33.7 Å². The number of rotatable bonds is 2. The maximum atomic E-state index is 12.7. The number of nitrogens with one attached hydrogen (secondary N) is 2. The van der Waals surface area contributed by atoms with Crippen LogP contribution in [0.4, 0.5) is 0 Å². The van der Waals surface area contributed by atoms with Crippen LogP contribution in [0, 0.1) is 0 Å². The first-order valence-electron chi connectivity index (χ1n) is 8.60. The van der Waals surface area contributed by atoms with Crippen molar-refractivity contribution in [3.63, 3.8) is 0 Å². The van der Waals surface area contributed by atoms with Gasteiger partial charge in [-0.25, -0.2) is 9.97 Å². The van der Waals surface area contributed by atoms with E-state index in [9.17, 15) is 4.79 Å². The molecule has 1 aliphatic rings. The van der Waals surface area contributed by atoms with Crippen molar-refractivity contribution in [1.82, 2.24) is 24.8 Å². The number of imidazole rings is 2. The number of nitrogens with zero attached hydrogens (tertiary/aromatic N) is 3. The summed E-state index contributed by atoms with van der Waals surface area (Å²) in [4.78, 5) is 30.2. The van der Waals surface area contributed by atoms with Gasteiger partial charge in [-0.2, -0.15) is 0 Å². The molecule has 4 aromatic rings. The summed E-state index contributed by atoms with van der Waals surface area (Å²) in [6, 6.07) is 13.4. The Bertz CT molecular complexity index is 1070. The lowest BCUT2D eigenvalue weighted by atomic mass is 10.1. The molecule has 2 aromatic heterocycles. The van der Waals surface area contributed by atoms with Gasteiger partial charge in [-0.05, 0) is 30.3 Å². The second-order valence-corrected chi connectivity index (χ2v) is 6.32. The highest BCUT2D eigenvalue weighted by Crippen LogP contribution is 2.22. The number of carbonyl (C=O) groups is 1. The van der Waals surface area contributed by atoms with Gasteiger partial charge in [-0.15, -0.1) is 0 Å². The summed E-state index contributed by atoms with van der Waals surface area (Å²) in [6.45, 7) is 2.44. The number of amides is 1. The summed E-state index contributed by atoms with van der Waals surface area (Å²) >= 11 is 0. The Morgan fingerprint density at radius 2 is 1.62 bits per heavy atom. The fourth-order valence-corrected chi connectivity index (χ4v) is 3.27. The highest BCUT2D eigenvalue weighted by molar-refractivity contribution is 5.97. The summed E-state index contributed by atoms with van der Waals surface area (Å²) in [6.07, 6.45) is 0. The van der Waals surface area contributed by atoms with Gasteiger partial charge in [-0.1, -0.05) is 12.1 Å². The summed E-state index contributed by atoms with van der Waals surface area (Å²) in [5.74, 6) is 1.37. The number of carbonyl (C=O) groups excluding carboxylic acids is 1. The van der Waals surface area contributed by atoms with E-state index in [1.807, 2.05) is 47.4 Å². The van der Waals surface area contributed by atoms with E-state index < -0.39 is 0 Å². The van der Waals surface area contributed by atoms with Crippen molar-refractivity contribution >= 4 is 28.0 Å². The summed E-state index contributed by atoms with van der Waals surface area (Å²) in [5.41, 5.74) is 4.13. The number of benzene rings is 2. The van der Waals surface area contributed by atoms with Gasteiger partial charge in [0, 0.05) is 18.7 Å². The number of hydrogen-bond acceptors (Lipinski definition) is 4. The molecule has 2 N–H and O–H groups in total. The number of fused-ring (bicyclic) bond motifs is 2. The van der Waals surface area contributed by atoms with Gasteiger partial charge in [0.25, 0.3) is 5.91 Å². The van der Waals surface area contributed by atoms with Crippen molar-refractivity contribution in [3.8, 4) is 11.6 Å². The lowest BCUT2D eigenvalue weighted by Gasteiger charge is -2.26. The standard InChI is InChI=1S/C19H17N5O2/c25-19(24-7-9-26-10-8-24)12-5-6-15-16(11-12)23-18(22-15)17-20-13-3-1-2-4-14(13)21-17/h1-6,11H,7-10H2,(H,20,21)(H,22,23). The quantitative estimate of drug-likeness (QED) is 0.583. The molecule has 0 radical (unpaired) electrons.